The first-order chi connectivity index (χ1) is 8.58. The highest BCUT2D eigenvalue weighted by Gasteiger charge is 2.35. The van der Waals surface area contributed by atoms with Gasteiger partial charge in [-0.3, -0.25) is 9.59 Å². The Kier molecular flexibility index (Phi) is 4.01. The fourth-order valence-corrected chi connectivity index (χ4v) is 3.14. The van der Waals surface area contributed by atoms with Gasteiger partial charge in [-0.2, -0.15) is 11.3 Å². The van der Waals surface area contributed by atoms with Gasteiger partial charge in [0, 0.05) is 19.5 Å². The Hall–Kier alpha value is -1.36. The summed E-state index contributed by atoms with van der Waals surface area (Å²) in [5, 5.41) is 13.0. The van der Waals surface area contributed by atoms with Gasteiger partial charge in [0.25, 0.3) is 0 Å². The van der Waals surface area contributed by atoms with E-state index in [1.165, 1.54) is 0 Å². The molecule has 0 aliphatic heterocycles. The number of carboxylic acids is 1. The third-order valence-corrected chi connectivity index (χ3v) is 4.24. The molecule has 4 nitrogen and oxygen atoms in total. The SMILES string of the molecule is CN(Cc1ccsc1)C(=O)[C@@H]1CC[C@H](C(=O)O)C1. The van der Waals surface area contributed by atoms with Crippen molar-refractivity contribution in [2.45, 2.75) is 25.8 Å². The quantitative estimate of drug-likeness (QED) is 0.910. The van der Waals surface area contributed by atoms with Crippen LogP contribution in [-0.4, -0.2) is 28.9 Å². The zero-order chi connectivity index (χ0) is 13.1. The van der Waals surface area contributed by atoms with Crippen molar-refractivity contribution >= 4 is 23.2 Å². The van der Waals surface area contributed by atoms with Crippen LogP contribution in [0.15, 0.2) is 16.8 Å². The van der Waals surface area contributed by atoms with Crippen molar-refractivity contribution in [1.29, 1.82) is 0 Å². The number of nitrogens with zero attached hydrogens (tertiary/aromatic N) is 1. The molecule has 1 aliphatic rings. The van der Waals surface area contributed by atoms with Gasteiger partial charge in [0.1, 0.15) is 0 Å². The van der Waals surface area contributed by atoms with E-state index < -0.39 is 5.97 Å². The van der Waals surface area contributed by atoms with E-state index in [9.17, 15) is 9.59 Å². The number of carbonyl (C=O) groups is 2. The van der Waals surface area contributed by atoms with Crippen LogP contribution in [0.25, 0.3) is 0 Å². The Morgan fingerprint density at radius 1 is 1.44 bits per heavy atom. The zero-order valence-corrected chi connectivity index (χ0v) is 11.2. The summed E-state index contributed by atoms with van der Waals surface area (Å²) in [7, 11) is 1.79. The van der Waals surface area contributed by atoms with E-state index in [1.54, 1.807) is 23.3 Å². The van der Waals surface area contributed by atoms with Crippen molar-refractivity contribution in [2.24, 2.45) is 11.8 Å². The van der Waals surface area contributed by atoms with Gasteiger partial charge in [0.2, 0.25) is 5.91 Å². The van der Waals surface area contributed by atoms with Crippen LogP contribution in [0.3, 0.4) is 0 Å². The Morgan fingerprint density at radius 3 is 2.72 bits per heavy atom. The number of hydrogen-bond acceptors (Lipinski definition) is 3. The van der Waals surface area contributed by atoms with Crippen LogP contribution in [0.5, 0.6) is 0 Å². The number of amides is 1. The molecule has 1 fully saturated rings. The molecule has 18 heavy (non-hydrogen) atoms. The molecule has 1 saturated carbocycles. The summed E-state index contributed by atoms with van der Waals surface area (Å²) < 4.78 is 0. The van der Waals surface area contributed by atoms with Crippen molar-refractivity contribution in [2.75, 3.05) is 7.05 Å². The normalized spacial score (nSPS) is 22.9. The minimum absolute atomic E-state index is 0.0740. The lowest BCUT2D eigenvalue weighted by molar-refractivity contribution is -0.141. The van der Waals surface area contributed by atoms with Gasteiger partial charge in [-0.05, 0) is 41.7 Å². The minimum Gasteiger partial charge on any atom is -0.481 e. The van der Waals surface area contributed by atoms with E-state index in [2.05, 4.69) is 0 Å². The molecule has 0 radical (unpaired) electrons. The Labute approximate surface area is 110 Å². The molecule has 0 unspecified atom stereocenters. The molecule has 2 atom stereocenters. The molecular weight excluding hydrogens is 250 g/mol. The molecule has 5 heteroatoms. The number of carboxylic acid groups (broad SMARTS) is 1. The molecule has 1 aromatic heterocycles. The highest BCUT2D eigenvalue weighted by molar-refractivity contribution is 7.07. The predicted molar refractivity (Wildman–Crippen MR) is 69.3 cm³/mol. The Morgan fingerprint density at radius 2 is 2.17 bits per heavy atom. The molecular formula is C13H17NO3S. The highest BCUT2D eigenvalue weighted by atomic mass is 32.1. The summed E-state index contributed by atoms with van der Waals surface area (Å²) in [4.78, 5) is 24.8. The van der Waals surface area contributed by atoms with Gasteiger partial charge in [0.15, 0.2) is 0 Å². The standard InChI is InChI=1S/C13H17NO3S/c1-14(7-9-4-5-18-8-9)12(15)10-2-3-11(6-10)13(16)17/h4-5,8,10-11H,2-3,6-7H2,1H3,(H,16,17)/t10-,11+/m1/s1. The van der Waals surface area contributed by atoms with Crippen LogP contribution in [-0.2, 0) is 16.1 Å². The van der Waals surface area contributed by atoms with E-state index >= 15 is 0 Å². The number of thiophene rings is 1. The van der Waals surface area contributed by atoms with Crippen LogP contribution in [0.2, 0.25) is 0 Å². The van der Waals surface area contributed by atoms with Crippen molar-refractivity contribution in [3.8, 4) is 0 Å². The average molecular weight is 267 g/mol. The average Bonchev–Trinajstić information content (AvgIpc) is 2.98. The van der Waals surface area contributed by atoms with Crippen LogP contribution in [0.4, 0.5) is 0 Å². The summed E-state index contributed by atoms with van der Waals surface area (Å²) in [6.45, 7) is 0.608. The Balaban J connectivity index is 1.90. The number of hydrogen-bond donors (Lipinski definition) is 1. The van der Waals surface area contributed by atoms with Gasteiger partial charge < -0.3 is 10.0 Å². The minimum atomic E-state index is -0.772. The van der Waals surface area contributed by atoms with Crippen molar-refractivity contribution in [3.63, 3.8) is 0 Å². The van der Waals surface area contributed by atoms with Gasteiger partial charge in [-0.15, -0.1) is 0 Å². The molecule has 1 amide bonds. The monoisotopic (exact) mass is 267 g/mol. The van der Waals surface area contributed by atoms with E-state index in [0.29, 0.717) is 25.8 Å². The lowest BCUT2D eigenvalue weighted by Crippen LogP contribution is -2.31. The van der Waals surface area contributed by atoms with E-state index in [4.69, 9.17) is 5.11 Å². The van der Waals surface area contributed by atoms with E-state index in [0.717, 1.165) is 5.56 Å². The molecule has 0 saturated heterocycles. The van der Waals surface area contributed by atoms with Gasteiger partial charge in [-0.25, -0.2) is 0 Å². The molecule has 2 rings (SSSR count). The molecule has 0 spiro atoms. The first-order valence-corrected chi connectivity index (χ1v) is 7.01. The maximum absolute atomic E-state index is 12.2. The number of rotatable bonds is 4. The second kappa shape index (κ2) is 5.52. The number of aliphatic carboxylic acids is 1. The van der Waals surface area contributed by atoms with Gasteiger partial charge in [-0.1, -0.05) is 0 Å². The molecule has 0 aromatic carbocycles. The molecule has 0 bridgehead atoms. The topological polar surface area (TPSA) is 57.6 Å². The van der Waals surface area contributed by atoms with Crippen LogP contribution >= 0.6 is 11.3 Å². The molecule has 1 N–H and O–H groups in total. The molecule has 1 heterocycles. The third kappa shape index (κ3) is 2.90. The third-order valence-electron chi connectivity index (χ3n) is 3.51. The van der Waals surface area contributed by atoms with Crippen LogP contribution in [0.1, 0.15) is 24.8 Å². The van der Waals surface area contributed by atoms with Crippen molar-refractivity contribution in [3.05, 3.63) is 22.4 Å². The maximum Gasteiger partial charge on any atom is 0.306 e. The maximum atomic E-state index is 12.2. The first-order valence-electron chi connectivity index (χ1n) is 6.06. The molecule has 1 aliphatic carbocycles. The molecule has 98 valence electrons. The summed E-state index contributed by atoms with van der Waals surface area (Å²) >= 11 is 1.61. The number of carbonyl (C=O) groups excluding carboxylic acids is 1. The second-order valence-electron chi connectivity index (χ2n) is 4.87. The highest BCUT2D eigenvalue weighted by Crippen LogP contribution is 2.32. The van der Waals surface area contributed by atoms with Gasteiger partial charge >= 0.3 is 5.97 Å². The van der Waals surface area contributed by atoms with Crippen molar-refractivity contribution < 1.29 is 14.7 Å². The molecule has 1 aromatic rings. The summed E-state index contributed by atoms with van der Waals surface area (Å²) in [5.41, 5.74) is 1.13. The Bertz CT molecular complexity index is 429. The van der Waals surface area contributed by atoms with Crippen LogP contribution in [0, 0.1) is 11.8 Å². The smallest absolute Gasteiger partial charge is 0.306 e. The van der Waals surface area contributed by atoms with Gasteiger partial charge in [0.05, 0.1) is 5.92 Å². The predicted octanol–water partition coefficient (Wildman–Crippen LogP) is 2.21. The van der Waals surface area contributed by atoms with E-state index in [1.807, 2.05) is 16.8 Å². The lowest BCUT2D eigenvalue weighted by Gasteiger charge is -2.20. The largest absolute Gasteiger partial charge is 0.481 e. The zero-order valence-electron chi connectivity index (χ0n) is 10.3. The van der Waals surface area contributed by atoms with Crippen LogP contribution < -0.4 is 0 Å². The fourth-order valence-electron chi connectivity index (χ4n) is 2.48. The van der Waals surface area contributed by atoms with E-state index in [-0.39, 0.29) is 17.7 Å². The van der Waals surface area contributed by atoms with Crippen molar-refractivity contribution in [1.82, 2.24) is 4.90 Å². The first kappa shape index (κ1) is 13.1. The lowest BCUT2D eigenvalue weighted by atomic mass is 10.0. The summed E-state index contributed by atoms with van der Waals surface area (Å²) in [6, 6.07) is 2.00. The second-order valence-corrected chi connectivity index (χ2v) is 5.65. The fraction of sp³-hybridized carbons (Fsp3) is 0.538. The summed E-state index contributed by atoms with van der Waals surface area (Å²) in [5.74, 6) is -1.15. The summed E-state index contributed by atoms with van der Waals surface area (Å²) in [6.07, 6.45) is 1.81.